The van der Waals surface area contributed by atoms with Crippen molar-refractivity contribution in [1.29, 1.82) is 0 Å². The first-order valence-electron chi connectivity index (χ1n) is 25.0. The number of amides is 3. The van der Waals surface area contributed by atoms with Gasteiger partial charge in [0.1, 0.15) is 36.5 Å². The minimum Gasteiger partial charge on any atom is -0.491 e. The van der Waals surface area contributed by atoms with E-state index in [9.17, 15) is 20.0 Å². The second-order valence-corrected chi connectivity index (χ2v) is 19.1. The van der Waals surface area contributed by atoms with Gasteiger partial charge in [-0.15, -0.1) is 0 Å². The maximum atomic E-state index is 16.7. The van der Waals surface area contributed by atoms with Crippen LogP contribution in [-0.4, -0.2) is 76.1 Å². The molecule has 1 N–H and O–H groups in total. The van der Waals surface area contributed by atoms with Crippen LogP contribution in [0.25, 0.3) is 0 Å². The third-order valence-electron chi connectivity index (χ3n) is 14.8. The van der Waals surface area contributed by atoms with E-state index in [1.54, 1.807) is 29.2 Å². The molecule has 5 aromatic rings. The molecule has 4 aliphatic heterocycles. The van der Waals surface area contributed by atoms with Crippen LogP contribution in [0.4, 0.5) is 16.2 Å². The van der Waals surface area contributed by atoms with Crippen molar-refractivity contribution < 1.29 is 43.4 Å². The largest absolute Gasteiger partial charge is 0.491 e. The second kappa shape index (κ2) is 21.0. The summed E-state index contributed by atoms with van der Waals surface area (Å²) >= 11 is 0. The number of nitro benzene ring substituents is 1. The maximum Gasteiger partial charge on any atom is 0.421 e. The van der Waals surface area contributed by atoms with Crippen LogP contribution in [0.5, 0.6) is 5.75 Å². The summed E-state index contributed by atoms with van der Waals surface area (Å²) in [5.41, 5.74) is 2.43. The minimum atomic E-state index is -2.00. The summed E-state index contributed by atoms with van der Waals surface area (Å²) in [5.74, 6) is 3.90. The Kier molecular flexibility index (Phi) is 14.0. The fourth-order valence-electron chi connectivity index (χ4n) is 11.5. The molecular weight excluding hydrogens is 913 g/mol. The predicted molar refractivity (Wildman–Crippen MR) is 267 cm³/mol. The lowest BCUT2D eigenvalue weighted by Crippen LogP contribution is -2.56. The molecule has 4 heterocycles. The SMILES string of the molecule is O=C1OC(c2ccccc2)C(c2ccccc2)N2C1C(C(=O)N1CCCCCCC1)C1(C(=O)N(C(=O)OCc3ccc([N+](=O)[O-])cc3)c3ccc(C#CC4=CCCCC4)cc31)C2c1ccc(OCCO)cc1. The average molecular weight is 969 g/mol. The number of non-ortho nitro benzene ring substituents is 1. The molecule has 0 radical (unpaired) electrons. The van der Waals surface area contributed by atoms with Crippen LogP contribution in [0.3, 0.4) is 0 Å². The molecule has 72 heavy (non-hydrogen) atoms. The van der Waals surface area contributed by atoms with E-state index < -0.39 is 64.4 Å². The van der Waals surface area contributed by atoms with Crippen LogP contribution < -0.4 is 9.64 Å². The Hall–Kier alpha value is -7.60. The van der Waals surface area contributed by atoms with Crippen molar-refractivity contribution in [2.24, 2.45) is 5.92 Å². The Bertz CT molecular complexity index is 2930. The lowest BCUT2D eigenvalue weighted by molar-refractivity contribution is -0.384. The molecule has 10 rings (SSSR count). The quantitative estimate of drug-likeness (QED) is 0.0612. The van der Waals surface area contributed by atoms with Gasteiger partial charge in [0.05, 0.1) is 35.2 Å². The van der Waals surface area contributed by atoms with Crippen molar-refractivity contribution in [1.82, 2.24) is 9.80 Å². The van der Waals surface area contributed by atoms with E-state index in [1.165, 1.54) is 24.3 Å². The number of ether oxygens (including phenoxy) is 3. The summed E-state index contributed by atoms with van der Waals surface area (Å²) < 4.78 is 18.5. The summed E-state index contributed by atoms with van der Waals surface area (Å²) in [5, 5.41) is 21.1. The second-order valence-electron chi connectivity index (χ2n) is 19.1. The first-order chi connectivity index (χ1) is 35.2. The Morgan fingerprint density at radius 2 is 1.47 bits per heavy atom. The molecule has 14 nitrogen and oxygen atoms in total. The number of cyclic esters (lactones) is 1. The highest BCUT2D eigenvalue weighted by molar-refractivity contribution is 6.23. The van der Waals surface area contributed by atoms with Crippen molar-refractivity contribution in [2.45, 2.75) is 94.0 Å². The monoisotopic (exact) mass is 968 g/mol. The average Bonchev–Trinajstić information content (AvgIpc) is 3.86. The number of morpholine rings is 1. The van der Waals surface area contributed by atoms with E-state index in [0.29, 0.717) is 46.7 Å². The smallest absolute Gasteiger partial charge is 0.421 e. The number of carbonyl (C=O) groups excluding carboxylic acids is 4. The normalized spacial score (nSPS) is 23.9. The van der Waals surface area contributed by atoms with Gasteiger partial charge in [0.2, 0.25) is 11.8 Å². The highest BCUT2D eigenvalue weighted by Crippen LogP contribution is 2.66. The number of aliphatic hydroxyl groups excluding tert-OH is 1. The minimum absolute atomic E-state index is 0.0392. The molecule has 1 spiro atoms. The Labute approximate surface area is 418 Å². The van der Waals surface area contributed by atoms with Crippen LogP contribution in [-0.2, 0) is 35.9 Å². The van der Waals surface area contributed by atoms with Crippen LogP contribution in [0.15, 0.2) is 139 Å². The van der Waals surface area contributed by atoms with Gasteiger partial charge in [0, 0.05) is 30.8 Å². The van der Waals surface area contributed by atoms with E-state index in [1.807, 2.05) is 83.8 Å². The van der Waals surface area contributed by atoms with E-state index >= 15 is 14.4 Å². The molecule has 5 aliphatic rings. The van der Waals surface area contributed by atoms with Gasteiger partial charge in [-0.2, -0.15) is 0 Å². The van der Waals surface area contributed by atoms with E-state index in [-0.39, 0.29) is 31.2 Å². The fourth-order valence-corrected chi connectivity index (χ4v) is 11.5. The Morgan fingerprint density at radius 1 is 0.778 bits per heavy atom. The van der Waals surface area contributed by atoms with Crippen LogP contribution in [0.2, 0.25) is 0 Å². The summed E-state index contributed by atoms with van der Waals surface area (Å²) in [6.45, 7) is 0.317. The lowest BCUT2D eigenvalue weighted by Gasteiger charge is -2.46. The van der Waals surface area contributed by atoms with Crippen LogP contribution in [0, 0.1) is 27.9 Å². The number of rotatable bonds is 10. The number of nitro groups is 1. The molecule has 0 bridgehead atoms. The Balaban J connectivity index is 1.23. The van der Waals surface area contributed by atoms with Crippen molar-refractivity contribution in [3.05, 3.63) is 183 Å². The summed E-state index contributed by atoms with van der Waals surface area (Å²) in [6, 6.07) is 33.8. The molecule has 6 unspecified atom stereocenters. The zero-order valence-corrected chi connectivity index (χ0v) is 39.9. The highest BCUT2D eigenvalue weighted by Gasteiger charge is 2.76. The van der Waals surface area contributed by atoms with Crippen molar-refractivity contribution >= 4 is 35.3 Å². The van der Waals surface area contributed by atoms with E-state index in [2.05, 4.69) is 17.9 Å². The molecule has 368 valence electrons. The number of benzene rings is 5. The summed E-state index contributed by atoms with van der Waals surface area (Å²) in [7, 11) is 0. The summed E-state index contributed by atoms with van der Waals surface area (Å²) in [6.07, 6.45) is 8.39. The van der Waals surface area contributed by atoms with Gasteiger partial charge < -0.3 is 24.2 Å². The number of imide groups is 1. The molecule has 6 atom stereocenters. The number of allylic oxidation sites excluding steroid dienone is 2. The third-order valence-corrected chi connectivity index (χ3v) is 14.8. The number of anilines is 1. The van der Waals surface area contributed by atoms with Crippen molar-refractivity contribution in [2.75, 3.05) is 31.2 Å². The first kappa shape index (κ1) is 48.0. The topological polar surface area (TPSA) is 169 Å². The summed E-state index contributed by atoms with van der Waals surface area (Å²) in [4.78, 5) is 79.3. The molecule has 3 amide bonds. The number of likely N-dealkylation sites (tertiary alicyclic amines) is 1. The van der Waals surface area contributed by atoms with Gasteiger partial charge in [-0.1, -0.05) is 110 Å². The van der Waals surface area contributed by atoms with Gasteiger partial charge in [-0.05, 0) is 114 Å². The first-order valence-corrected chi connectivity index (χ1v) is 25.0. The molecule has 0 aromatic heterocycles. The van der Waals surface area contributed by atoms with Gasteiger partial charge in [-0.3, -0.25) is 29.4 Å². The molecule has 14 heteroatoms. The number of hydrogen-bond acceptors (Lipinski definition) is 11. The molecule has 5 aromatic carbocycles. The van der Waals surface area contributed by atoms with Crippen molar-refractivity contribution in [3.8, 4) is 17.6 Å². The number of aliphatic hydroxyl groups is 1. The number of esters is 1. The van der Waals surface area contributed by atoms with Gasteiger partial charge in [0.25, 0.3) is 5.69 Å². The number of fused-ring (bicyclic) bond motifs is 3. The standard InChI is InChI=1S/C58H56N4O10/c63-35-36-70-46-30-26-44(27-31-46)53-58(47-37-40(22-21-39-15-7-4-8-16-39)25-32-48(47)60(56(58)66)57(67)71-38-41-23-28-45(29-24-41)62(68)69)49(54(64)59-33-13-2-1-3-14-34-59)51-55(65)72-52(43-19-11-6-12-20-43)50(61(51)53)42-17-9-5-10-18-42/h5-6,9-12,15,17-20,23-32,37,49-53,63H,1-4,7-8,13-14,16,33-36,38H2. The molecule has 1 aliphatic carbocycles. The molecule has 0 saturated carbocycles. The van der Waals surface area contributed by atoms with Gasteiger partial charge >= 0.3 is 12.1 Å². The zero-order valence-electron chi connectivity index (χ0n) is 39.9. The van der Waals surface area contributed by atoms with E-state index in [0.717, 1.165) is 73.8 Å². The van der Waals surface area contributed by atoms with Crippen LogP contribution in [0.1, 0.15) is 109 Å². The van der Waals surface area contributed by atoms with Gasteiger partial charge in [0.15, 0.2) is 0 Å². The molecule has 3 saturated heterocycles. The zero-order chi connectivity index (χ0) is 49.8. The lowest BCUT2D eigenvalue weighted by atomic mass is 9.64. The van der Waals surface area contributed by atoms with E-state index in [4.69, 9.17) is 14.2 Å². The maximum absolute atomic E-state index is 16.7. The Morgan fingerprint density at radius 3 is 2.14 bits per heavy atom. The highest BCUT2D eigenvalue weighted by atomic mass is 16.6. The molecule has 3 fully saturated rings. The van der Waals surface area contributed by atoms with Crippen molar-refractivity contribution in [3.63, 3.8) is 0 Å². The third kappa shape index (κ3) is 9.03. The number of hydrogen-bond donors (Lipinski definition) is 1. The van der Waals surface area contributed by atoms with Gasteiger partial charge in [-0.25, -0.2) is 9.69 Å². The number of nitrogens with zero attached hydrogens (tertiary/aromatic N) is 4. The van der Waals surface area contributed by atoms with Crippen LogP contribution >= 0.6 is 0 Å². The predicted octanol–water partition coefficient (Wildman–Crippen LogP) is 9.61. The molecular formula is C58H56N4O10. The number of carbonyl (C=O) groups is 4. The fraction of sp³-hybridized carbons (Fsp3) is 0.345.